The molecule has 0 saturated carbocycles. The number of rotatable bonds is 4. The predicted molar refractivity (Wildman–Crippen MR) is 85.4 cm³/mol. The molecule has 6 nitrogen and oxygen atoms in total. The average Bonchev–Trinajstić information content (AvgIpc) is 2.58. The van der Waals surface area contributed by atoms with Gasteiger partial charge < -0.3 is 9.64 Å². The molecule has 0 aliphatic carbocycles. The summed E-state index contributed by atoms with van der Waals surface area (Å²) in [5.41, 5.74) is 1.13. The molecular weight excluding hydrogens is 315 g/mol. The Labute approximate surface area is 137 Å². The van der Waals surface area contributed by atoms with Crippen LogP contribution in [0.25, 0.3) is 0 Å². The molecule has 7 heteroatoms. The van der Waals surface area contributed by atoms with Crippen molar-refractivity contribution in [2.45, 2.75) is 26.0 Å². The molecule has 0 unspecified atom stereocenters. The maximum atomic E-state index is 13.1. The van der Waals surface area contributed by atoms with Crippen LogP contribution in [0.4, 0.5) is 15.8 Å². The van der Waals surface area contributed by atoms with Gasteiger partial charge in [-0.05, 0) is 30.2 Å². The number of halogens is 1. The van der Waals surface area contributed by atoms with Crippen molar-refractivity contribution in [2.75, 3.05) is 4.90 Å². The number of fused-ring (bicyclic) bond motifs is 1. The normalized spacial score (nSPS) is 16.5. The van der Waals surface area contributed by atoms with E-state index in [9.17, 15) is 19.3 Å². The molecule has 2 aromatic rings. The van der Waals surface area contributed by atoms with Gasteiger partial charge in [0.05, 0.1) is 23.2 Å². The van der Waals surface area contributed by atoms with Crippen molar-refractivity contribution in [2.24, 2.45) is 0 Å². The summed E-state index contributed by atoms with van der Waals surface area (Å²) in [6, 6.07) is 10.0. The molecular formula is C17H15FN2O4. The van der Waals surface area contributed by atoms with E-state index in [4.69, 9.17) is 4.74 Å². The van der Waals surface area contributed by atoms with Crippen molar-refractivity contribution in [1.82, 2.24) is 0 Å². The van der Waals surface area contributed by atoms with E-state index < -0.39 is 11.0 Å². The number of hydrogen-bond acceptors (Lipinski definition) is 4. The number of anilines is 1. The van der Waals surface area contributed by atoms with Crippen LogP contribution in [0.1, 0.15) is 18.9 Å². The first-order valence-electron chi connectivity index (χ1n) is 7.50. The summed E-state index contributed by atoms with van der Waals surface area (Å²) < 4.78 is 18.7. The summed E-state index contributed by atoms with van der Waals surface area (Å²) in [6.07, 6.45) is -0.249. The molecule has 3 rings (SSSR count). The molecule has 124 valence electrons. The minimum absolute atomic E-state index is 0.0975. The Hall–Kier alpha value is -2.96. The van der Waals surface area contributed by atoms with Gasteiger partial charge in [0, 0.05) is 6.07 Å². The monoisotopic (exact) mass is 330 g/mol. The van der Waals surface area contributed by atoms with Crippen LogP contribution in [0.15, 0.2) is 42.5 Å². The van der Waals surface area contributed by atoms with Gasteiger partial charge in [-0.3, -0.25) is 14.9 Å². The molecule has 1 heterocycles. The van der Waals surface area contributed by atoms with E-state index in [1.54, 1.807) is 19.1 Å². The van der Waals surface area contributed by atoms with Crippen molar-refractivity contribution in [1.29, 1.82) is 0 Å². The number of ether oxygens (including phenoxy) is 1. The zero-order valence-corrected chi connectivity index (χ0v) is 12.9. The second-order valence-electron chi connectivity index (χ2n) is 5.47. The number of nitro benzene ring substituents is 1. The van der Waals surface area contributed by atoms with Gasteiger partial charge >= 0.3 is 0 Å². The zero-order valence-electron chi connectivity index (χ0n) is 12.9. The van der Waals surface area contributed by atoms with Crippen LogP contribution < -0.4 is 9.64 Å². The fraction of sp³-hybridized carbons (Fsp3) is 0.235. The number of benzene rings is 2. The number of amides is 1. The largest absolute Gasteiger partial charge is 0.478 e. The van der Waals surface area contributed by atoms with E-state index in [0.29, 0.717) is 17.9 Å². The zero-order chi connectivity index (χ0) is 17.3. The van der Waals surface area contributed by atoms with E-state index in [-0.39, 0.29) is 24.0 Å². The molecule has 0 fully saturated rings. The first-order chi connectivity index (χ1) is 11.5. The van der Waals surface area contributed by atoms with E-state index >= 15 is 0 Å². The summed E-state index contributed by atoms with van der Waals surface area (Å²) in [5, 5.41) is 10.9. The van der Waals surface area contributed by atoms with Crippen molar-refractivity contribution < 1.29 is 18.8 Å². The number of carbonyl (C=O) groups is 1. The van der Waals surface area contributed by atoms with Gasteiger partial charge in [-0.2, -0.15) is 0 Å². The van der Waals surface area contributed by atoms with E-state index in [2.05, 4.69) is 0 Å². The highest BCUT2D eigenvalue weighted by Crippen LogP contribution is 2.38. The fourth-order valence-electron chi connectivity index (χ4n) is 2.62. The standard InChI is InChI=1S/C17H15FN2O4/c1-2-15-17(21)19(10-11-3-5-12(18)6-4-11)14-8-7-13(20(22)23)9-16(14)24-15/h3-9,15H,2,10H2,1H3/t15-/m0/s1. The van der Waals surface area contributed by atoms with Crippen LogP contribution in [0, 0.1) is 15.9 Å². The quantitative estimate of drug-likeness (QED) is 0.636. The lowest BCUT2D eigenvalue weighted by molar-refractivity contribution is -0.384. The number of carbonyl (C=O) groups excluding carboxylic acids is 1. The third-order valence-electron chi connectivity index (χ3n) is 3.88. The first-order valence-corrected chi connectivity index (χ1v) is 7.50. The van der Waals surface area contributed by atoms with Crippen molar-refractivity contribution in [3.63, 3.8) is 0 Å². The summed E-state index contributed by atoms with van der Waals surface area (Å²) in [7, 11) is 0. The Kier molecular flexibility index (Phi) is 4.16. The molecule has 1 amide bonds. The molecule has 1 aliphatic rings. The summed E-state index contributed by atoms with van der Waals surface area (Å²) in [5.74, 6) is -0.268. The van der Waals surface area contributed by atoms with E-state index in [0.717, 1.165) is 5.56 Å². The molecule has 0 spiro atoms. The minimum Gasteiger partial charge on any atom is -0.478 e. The van der Waals surface area contributed by atoms with Gasteiger partial charge in [0.25, 0.3) is 11.6 Å². The smallest absolute Gasteiger partial charge is 0.273 e. The average molecular weight is 330 g/mol. The molecule has 0 bridgehead atoms. The minimum atomic E-state index is -0.694. The van der Waals surface area contributed by atoms with Crippen molar-refractivity contribution >= 4 is 17.3 Å². The Morgan fingerprint density at radius 3 is 2.58 bits per heavy atom. The molecule has 0 N–H and O–H groups in total. The SMILES string of the molecule is CC[C@@H]1Oc2cc([N+](=O)[O-])ccc2N(Cc2ccc(F)cc2)C1=O. The van der Waals surface area contributed by atoms with Gasteiger partial charge in [0.1, 0.15) is 5.82 Å². The lowest BCUT2D eigenvalue weighted by atomic mass is 10.1. The van der Waals surface area contributed by atoms with E-state index in [1.807, 2.05) is 0 Å². The van der Waals surface area contributed by atoms with Gasteiger partial charge in [0.2, 0.25) is 0 Å². The number of nitrogens with zero attached hydrogens (tertiary/aromatic N) is 2. The summed E-state index contributed by atoms with van der Waals surface area (Å²) in [4.78, 5) is 24.6. The van der Waals surface area contributed by atoms with Crippen LogP contribution in [-0.2, 0) is 11.3 Å². The highest BCUT2D eigenvalue weighted by Gasteiger charge is 2.34. The maximum absolute atomic E-state index is 13.1. The van der Waals surface area contributed by atoms with Crippen LogP contribution in [0.3, 0.4) is 0 Å². The molecule has 0 saturated heterocycles. The Bertz CT molecular complexity index is 792. The van der Waals surface area contributed by atoms with Crippen LogP contribution >= 0.6 is 0 Å². The third kappa shape index (κ3) is 2.92. The lowest BCUT2D eigenvalue weighted by Crippen LogP contribution is -2.45. The summed E-state index contributed by atoms with van der Waals surface area (Å²) >= 11 is 0. The highest BCUT2D eigenvalue weighted by atomic mass is 19.1. The van der Waals surface area contributed by atoms with Gasteiger partial charge in [-0.25, -0.2) is 4.39 Å². The fourth-order valence-corrected chi connectivity index (χ4v) is 2.62. The molecule has 2 aromatic carbocycles. The number of nitro groups is 1. The lowest BCUT2D eigenvalue weighted by Gasteiger charge is -2.34. The van der Waals surface area contributed by atoms with Crippen molar-refractivity contribution in [3.05, 3.63) is 64.0 Å². The van der Waals surface area contributed by atoms with Crippen molar-refractivity contribution in [3.8, 4) is 5.75 Å². The summed E-state index contributed by atoms with van der Waals surface area (Å²) in [6.45, 7) is 2.05. The number of non-ortho nitro benzene ring substituents is 1. The predicted octanol–water partition coefficient (Wildman–Crippen LogP) is 3.44. The van der Waals surface area contributed by atoms with Gasteiger partial charge in [0.15, 0.2) is 11.9 Å². The van der Waals surface area contributed by atoms with Gasteiger partial charge in [-0.1, -0.05) is 19.1 Å². The van der Waals surface area contributed by atoms with Crippen LogP contribution in [0.2, 0.25) is 0 Å². The second kappa shape index (κ2) is 6.27. The molecule has 1 aliphatic heterocycles. The number of hydrogen-bond donors (Lipinski definition) is 0. The Morgan fingerprint density at radius 2 is 1.96 bits per heavy atom. The van der Waals surface area contributed by atoms with Crippen LogP contribution in [-0.4, -0.2) is 16.9 Å². The van der Waals surface area contributed by atoms with Gasteiger partial charge in [-0.15, -0.1) is 0 Å². The first kappa shape index (κ1) is 15.9. The molecule has 24 heavy (non-hydrogen) atoms. The Morgan fingerprint density at radius 1 is 1.25 bits per heavy atom. The molecule has 0 radical (unpaired) electrons. The second-order valence-corrected chi connectivity index (χ2v) is 5.47. The third-order valence-corrected chi connectivity index (χ3v) is 3.88. The molecule has 0 aromatic heterocycles. The topological polar surface area (TPSA) is 72.7 Å². The van der Waals surface area contributed by atoms with E-state index in [1.165, 1.54) is 35.2 Å². The Balaban J connectivity index is 1.99. The molecule has 1 atom stereocenters. The van der Waals surface area contributed by atoms with Crippen LogP contribution in [0.5, 0.6) is 5.75 Å². The maximum Gasteiger partial charge on any atom is 0.273 e. The highest BCUT2D eigenvalue weighted by molar-refractivity contribution is 6.00.